The molecule has 0 bridgehead atoms. The Morgan fingerprint density at radius 1 is 1.53 bits per heavy atom. The first-order valence-electron chi connectivity index (χ1n) is 5.17. The van der Waals surface area contributed by atoms with Gasteiger partial charge in [-0.15, -0.1) is 0 Å². The molecule has 0 saturated heterocycles. The summed E-state index contributed by atoms with van der Waals surface area (Å²) in [5.74, 6) is -0.949. The molecule has 0 aliphatic heterocycles. The van der Waals surface area contributed by atoms with Gasteiger partial charge in [0.25, 0.3) is 0 Å². The van der Waals surface area contributed by atoms with Crippen LogP contribution in [-0.4, -0.2) is 30.3 Å². The van der Waals surface area contributed by atoms with Crippen molar-refractivity contribution in [2.75, 3.05) is 19.0 Å². The molecule has 17 heavy (non-hydrogen) atoms. The van der Waals surface area contributed by atoms with Gasteiger partial charge in [0.15, 0.2) is 0 Å². The lowest BCUT2D eigenvalue weighted by Gasteiger charge is -2.24. The highest BCUT2D eigenvalue weighted by Gasteiger charge is 2.18. The van der Waals surface area contributed by atoms with E-state index in [2.05, 4.69) is 21.2 Å². The van der Waals surface area contributed by atoms with Gasteiger partial charge in [-0.05, 0) is 32.0 Å². The van der Waals surface area contributed by atoms with Crippen LogP contribution in [0.25, 0.3) is 0 Å². The number of nitrogens with one attached hydrogen (secondary N) is 1. The quantitative estimate of drug-likeness (QED) is 0.878. The van der Waals surface area contributed by atoms with Crippen LogP contribution in [0.5, 0.6) is 0 Å². The summed E-state index contributed by atoms with van der Waals surface area (Å²) in [4.78, 5) is 11.0. The number of rotatable bonds is 5. The summed E-state index contributed by atoms with van der Waals surface area (Å²) in [5.41, 5.74) is 0.482. The highest BCUT2D eigenvalue weighted by molar-refractivity contribution is 9.10. The molecule has 0 saturated carbocycles. The number of aromatic carboxylic acids is 1. The van der Waals surface area contributed by atoms with E-state index in [9.17, 15) is 4.79 Å². The fourth-order valence-electron chi connectivity index (χ4n) is 1.23. The van der Waals surface area contributed by atoms with Crippen molar-refractivity contribution in [1.29, 1.82) is 0 Å². The standard InChI is InChI=1S/C12H16BrNO3/c1-12(2,17-3)7-14-10-6-8(13)4-5-9(10)11(15)16/h4-6,14H,7H2,1-3H3,(H,15,16). The van der Waals surface area contributed by atoms with Crippen LogP contribution in [0.1, 0.15) is 24.2 Å². The second-order valence-electron chi connectivity index (χ2n) is 4.31. The van der Waals surface area contributed by atoms with Gasteiger partial charge in [-0.2, -0.15) is 0 Å². The van der Waals surface area contributed by atoms with Crippen LogP contribution in [0, 0.1) is 0 Å². The summed E-state index contributed by atoms with van der Waals surface area (Å²) in [6.45, 7) is 4.39. The molecule has 0 radical (unpaired) electrons. The fraction of sp³-hybridized carbons (Fsp3) is 0.417. The second-order valence-corrected chi connectivity index (χ2v) is 5.23. The molecule has 0 amide bonds. The van der Waals surface area contributed by atoms with Gasteiger partial charge in [-0.3, -0.25) is 0 Å². The molecular formula is C12H16BrNO3. The summed E-state index contributed by atoms with van der Waals surface area (Å²) in [6.07, 6.45) is 0. The van der Waals surface area contributed by atoms with Crippen molar-refractivity contribution < 1.29 is 14.6 Å². The minimum Gasteiger partial charge on any atom is -0.478 e. The van der Waals surface area contributed by atoms with Crippen LogP contribution >= 0.6 is 15.9 Å². The van der Waals surface area contributed by atoms with E-state index in [1.165, 1.54) is 0 Å². The first-order valence-corrected chi connectivity index (χ1v) is 5.97. The second kappa shape index (κ2) is 5.51. The van der Waals surface area contributed by atoms with Gasteiger partial charge in [0.2, 0.25) is 0 Å². The zero-order valence-corrected chi connectivity index (χ0v) is 11.7. The minimum atomic E-state index is -0.949. The van der Waals surface area contributed by atoms with Crippen LogP contribution < -0.4 is 5.32 Å². The maximum Gasteiger partial charge on any atom is 0.337 e. The van der Waals surface area contributed by atoms with Gasteiger partial charge >= 0.3 is 5.97 Å². The smallest absolute Gasteiger partial charge is 0.337 e. The van der Waals surface area contributed by atoms with E-state index in [4.69, 9.17) is 9.84 Å². The number of carbonyl (C=O) groups is 1. The molecule has 1 rings (SSSR count). The third-order valence-corrected chi connectivity index (χ3v) is 2.96. The topological polar surface area (TPSA) is 58.6 Å². The number of ether oxygens (including phenoxy) is 1. The van der Waals surface area contributed by atoms with Gasteiger partial charge in [0, 0.05) is 23.8 Å². The molecule has 0 atom stereocenters. The number of carboxylic acid groups (broad SMARTS) is 1. The van der Waals surface area contributed by atoms with Crippen molar-refractivity contribution >= 4 is 27.6 Å². The number of halogens is 1. The Morgan fingerprint density at radius 2 is 2.18 bits per heavy atom. The van der Waals surface area contributed by atoms with E-state index in [1.54, 1.807) is 25.3 Å². The molecule has 5 heteroatoms. The van der Waals surface area contributed by atoms with Crippen molar-refractivity contribution in [3.8, 4) is 0 Å². The molecule has 0 heterocycles. The molecule has 4 nitrogen and oxygen atoms in total. The Kier molecular flexibility index (Phi) is 4.54. The summed E-state index contributed by atoms with van der Waals surface area (Å²) < 4.78 is 6.10. The van der Waals surface area contributed by atoms with Gasteiger partial charge in [0.05, 0.1) is 11.2 Å². The van der Waals surface area contributed by atoms with Crippen LogP contribution in [0.4, 0.5) is 5.69 Å². The van der Waals surface area contributed by atoms with Gasteiger partial charge in [-0.1, -0.05) is 15.9 Å². The van der Waals surface area contributed by atoms with Gasteiger partial charge in [-0.25, -0.2) is 4.79 Å². The maximum atomic E-state index is 11.0. The minimum absolute atomic E-state index is 0.250. The van der Waals surface area contributed by atoms with Crippen LogP contribution in [0.15, 0.2) is 22.7 Å². The van der Waals surface area contributed by atoms with Crippen molar-refractivity contribution in [3.63, 3.8) is 0 Å². The van der Waals surface area contributed by atoms with E-state index < -0.39 is 5.97 Å². The fourth-order valence-corrected chi connectivity index (χ4v) is 1.59. The third kappa shape index (κ3) is 4.02. The Morgan fingerprint density at radius 3 is 2.71 bits per heavy atom. The maximum absolute atomic E-state index is 11.0. The molecule has 0 aliphatic carbocycles. The normalized spacial score (nSPS) is 11.3. The first-order chi connectivity index (χ1) is 7.85. The molecule has 0 aliphatic rings. The highest BCUT2D eigenvalue weighted by atomic mass is 79.9. The molecule has 0 fully saturated rings. The summed E-state index contributed by atoms with van der Waals surface area (Å²) >= 11 is 3.32. The van der Waals surface area contributed by atoms with Crippen LogP contribution in [0.2, 0.25) is 0 Å². The van der Waals surface area contributed by atoms with Crippen molar-refractivity contribution in [3.05, 3.63) is 28.2 Å². The molecular weight excluding hydrogens is 286 g/mol. The zero-order valence-electron chi connectivity index (χ0n) is 10.1. The molecule has 0 unspecified atom stereocenters. The van der Waals surface area contributed by atoms with Crippen molar-refractivity contribution in [1.82, 2.24) is 0 Å². The Labute approximate surface area is 109 Å². The van der Waals surface area contributed by atoms with Gasteiger partial charge < -0.3 is 15.2 Å². The largest absolute Gasteiger partial charge is 0.478 e. The third-order valence-electron chi connectivity index (χ3n) is 2.47. The number of hydrogen-bond acceptors (Lipinski definition) is 3. The van der Waals surface area contributed by atoms with E-state index in [0.29, 0.717) is 12.2 Å². The van der Waals surface area contributed by atoms with E-state index in [0.717, 1.165) is 4.47 Å². The number of hydrogen-bond donors (Lipinski definition) is 2. The predicted octanol–water partition coefficient (Wildman–Crippen LogP) is 2.98. The van der Waals surface area contributed by atoms with Crippen molar-refractivity contribution in [2.24, 2.45) is 0 Å². The number of anilines is 1. The van der Waals surface area contributed by atoms with E-state index in [-0.39, 0.29) is 11.2 Å². The number of carboxylic acids is 1. The molecule has 1 aromatic rings. The highest BCUT2D eigenvalue weighted by Crippen LogP contribution is 2.22. The summed E-state index contributed by atoms with van der Waals surface area (Å²) in [5, 5.41) is 12.1. The lowest BCUT2D eigenvalue weighted by Crippen LogP contribution is -2.32. The molecule has 1 aromatic carbocycles. The average Bonchev–Trinajstić information content (AvgIpc) is 2.26. The lowest BCUT2D eigenvalue weighted by atomic mass is 10.1. The SMILES string of the molecule is COC(C)(C)CNc1cc(Br)ccc1C(=O)O. The predicted molar refractivity (Wildman–Crippen MR) is 70.7 cm³/mol. The van der Waals surface area contributed by atoms with Crippen molar-refractivity contribution in [2.45, 2.75) is 19.4 Å². The molecule has 0 aromatic heterocycles. The summed E-state index contributed by atoms with van der Waals surface area (Å²) in [7, 11) is 1.63. The van der Waals surface area contributed by atoms with Crippen LogP contribution in [-0.2, 0) is 4.74 Å². The number of methoxy groups -OCH3 is 1. The lowest BCUT2D eigenvalue weighted by molar-refractivity contribution is 0.0343. The van der Waals surface area contributed by atoms with Crippen LogP contribution in [0.3, 0.4) is 0 Å². The summed E-state index contributed by atoms with van der Waals surface area (Å²) in [6, 6.07) is 5.01. The zero-order chi connectivity index (χ0) is 13.1. The molecule has 94 valence electrons. The Balaban J connectivity index is 2.89. The first kappa shape index (κ1) is 14.0. The number of benzene rings is 1. The molecule has 0 spiro atoms. The molecule has 2 N–H and O–H groups in total. The Hall–Kier alpha value is -1.07. The average molecular weight is 302 g/mol. The Bertz CT molecular complexity index is 418. The van der Waals surface area contributed by atoms with Gasteiger partial charge in [0.1, 0.15) is 0 Å². The van der Waals surface area contributed by atoms with E-state index >= 15 is 0 Å². The monoisotopic (exact) mass is 301 g/mol. The van der Waals surface area contributed by atoms with E-state index in [1.807, 2.05) is 13.8 Å².